The minimum absolute atomic E-state index is 0.0192. The van der Waals surface area contributed by atoms with Crippen LogP contribution in [0.5, 0.6) is 0 Å². The average Bonchev–Trinajstić information content (AvgIpc) is 1.71. The summed E-state index contributed by atoms with van der Waals surface area (Å²) in [6.45, 7) is 14.1. The molecule has 0 aliphatic rings. The molecule has 16 amide bonds. The van der Waals surface area contributed by atoms with Crippen LogP contribution in [0.2, 0.25) is 0 Å². The van der Waals surface area contributed by atoms with Gasteiger partial charge in [0.05, 0.1) is 18.9 Å². The topological polar surface area (TPSA) is 711 Å². The number of hydrogen-bond donors (Lipinski definition) is 24. The molecule has 0 aliphatic carbocycles. The summed E-state index contributed by atoms with van der Waals surface area (Å²) in [5.74, 6) is -18.3. The molecule has 0 saturated carbocycles. The SMILES string of the molecule is CC[C@H](C)[C@H](NC(=O)[C@H](Cc1ccccc1)NC(=O)[C@@H](NC(=O)[C@H](C)NC(=O)[C@H](CCSC)NC(=O)[C@H](CCC(N)=O)NC(=O)[C@@H](NC(=O)[C@H](C)NC(=O)[C@@H](N)[C@@H](C)O)C(C)C)C(C)C)C(=O)N[C@@H](Cc1cnc[nH]1)C(=O)N[C@@H](CC(N)=O)C(=O)N[C@@H](Cc1ccccc1)C(=O)N[C@@H](CCCCN)C(=O)N(C)[C@@H](CCCNC(=N)N)C(=O)N[C@@H](CCCCN)C(=O)O. The van der Waals surface area contributed by atoms with Crippen LogP contribution in [-0.2, 0) is 101 Å². The van der Waals surface area contributed by atoms with Gasteiger partial charge in [-0.2, -0.15) is 11.8 Å². The quantitative estimate of drug-likeness (QED) is 0.0143. The molecule has 30 N–H and O–H groups in total. The van der Waals surface area contributed by atoms with Crippen molar-refractivity contribution in [2.75, 3.05) is 38.7 Å². The van der Waals surface area contributed by atoms with E-state index in [9.17, 15) is 82.1 Å². The number of aromatic nitrogens is 2. The first kappa shape index (κ1) is 109. The number of hydrogen-bond acceptors (Lipinski definition) is 24. The number of aliphatic hydroxyl groups is 1. The first-order valence-electron chi connectivity index (χ1n) is 42.5. The second-order valence-electron chi connectivity index (χ2n) is 32.0. The standard InChI is InChI=1S/C83H134N24O19S/c1-12-46(6)67(106-75(118)58(39-51-26-17-14-18-27-51)102-79(122)66(45(4)5)105-68(111)47(7)94-70(113)54(33-37-127-11)96-71(114)53(31-32-62(86)109)97-78(121)65(44(2)3)104-69(112)48(8)95-77(120)64(88)49(9)108)80(123)103-59(40-52-42-91-43-93-52)73(116)101-60(41-63(87)110)74(117)100-57(38-50-24-15-13-16-25-50)72(115)98-55(28-19-21-34-84)81(124)107(10)61(30-23-36-92-83(89)90)76(119)99-56(82(125)126)29-20-22-35-85/h13-18,24-27,42-49,53-61,64-67,108H,12,19-23,28-41,84-85,88H2,1-11H3,(H2,86,109)(H2,87,110)(H,91,93)(H,94,113)(H,95,120)(H,96,114)(H,97,121)(H,98,115)(H,99,119)(H,100,117)(H,101,116)(H,102,122)(H,103,123)(H,104,112)(H,105,111)(H,106,118)(H,125,126)(H4,89,90,92)/t46-,47-,48-,49+,53-,54-,55-,56-,57-,58-,59-,60-,61-,64-,65-,66-,67-/m0/s1. The number of amides is 16. The number of imidazole rings is 1. The van der Waals surface area contributed by atoms with Gasteiger partial charge in [-0.05, 0) is 139 Å². The van der Waals surface area contributed by atoms with Gasteiger partial charge in [-0.15, -0.1) is 0 Å². The first-order chi connectivity index (χ1) is 60.0. The van der Waals surface area contributed by atoms with Gasteiger partial charge in [-0.1, -0.05) is 109 Å². The molecular weight excluding hydrogens is 1670 g/mol. The number of thioether (sulfide) groups is 1. The van der Waals surface area contributed by atoms with Crippen LogP contribution in [0.15, 0.2) is 73.2 Å². The number of nitrogens with zero attached hydrogens (tertiary/aromatic N) is 2. The van der Waals surface area contributed by atoms with E-state index < -0.39 is 228 Å². The third-order valence-electron chi connectivity index (χ3n) is 20.9. The molecule has 2 aromatic carbocycles. The van der Waals surface area contributed by atoms with E-state index in [0.717, 1.165) is 4.90 Å². The lowest BCUT2D eigenvalue weighted by Gasteiger charge is -2.32. The average molecular weight is 1800 g/mol. The van der Waals surface area contributed by atoms with Gasteiger partial charge in [0, 0.05) is 51.2 Å². The summed E-state index contributed by atoms with van der Waals surface area (Å²) in [7, 11) is 1.30. The van der Waals surface area contributed by atoms with Gasteiger partial charge in [0.2, 0.25) is 94.5 Å². The monoisotopic (exact) mass is 1800 g/mol. The van der Waals surface area contributed by atoms with Crippen LogP contribution in [0.25, 0.3) is 0 Å². The maximum atomic E-state index is 15.0. The number of carbonyl (C=O) groups is 17. The Morgan fingerprint density at radius 3 is 1.35 bits per heavy atom. The Morgan fingerprint density at radius 1 is 0.472 bits per heavy atom. The Morgan fingerprint density at radius 2 is 0.890 bits per heavy atom. The van der Waals surface area contributed by atoms with Gasteiger partial charge < -0.3 is 129 Å². The van der Waals surface area contributed by atoms with Crippen molar-refractivity contribution in [3.8, 4) is 0 Å². The van der Waals surface area contributed by atoms with E-state index in [0.29, 0.717) is 30.4 Å². The molecule has 0 saturated heterocycles. The number of guanidine groups is 1. The van der Waals surface area contributed by atoms with Crippen molar-refractivity contribution in [3.05, 3.63) is 90.0 Å². The van der Waals surface area contributed by atoms with Gasteiger partial charge in [0.15, 0.2) is 5.96 Å². The van der Waals surface area contributed by atoms with E-state index in [1.165, 1.54) is 52.1 Å². The number of nitrogens with one attached hydrogen (secondary N) is 16. The van der Waals surface area contributed by atoms with Crippen molar-refractivity contribution in [1.82, 2.24) is 89.3 Å². The Labute approximate surface area is 743 Å². The Hall–Kier alpha value is -11.9. The maximum absolute atomic E-state index is 15.0. The number of benzene rings is 2. The predicted molar refractivity (Wildman–Crippen MR) is 472 cm³/mol. The lowest BCUT2D eigenvalue weighted by Crippen LogP contribution is -2.62. The fourth-order valence-electron chi connectivity index (χ4n) is 13.0. The lowest BCUT2D eigenvalue weighted by molar-refractivity contribution is -0.145. The van der Waals surface area contributed by atoms with Crippen LogP contribution in [0.1, 0.15) is 163 Å². The van der Waals surface area contributed by atoms with Crippen molar-refractivity contribution < 1.29 is 91.7 Å². The lowest BCUT2D eigenvalue weighted by atomic mass is 9.96. The normalized spacial score (nSPS) is 15.2. The fourth-order valence-corrected chi connectivity index (χ4v) is 13.5. The van der Waals surface area contributed by atoms with E-state index in [1.54, 1.807) is 108 Å². The zero-order valence-electron chi connectivity index (χ0n) is 74.1. The smallest absolute Gasteiger partial charge is 0.326 e. The Balaban J connectivity index is 2.00. The second-order valence-corrected chi connectivity index (χ2v) is 33.0. The minimum Gasteiger partial charge on any atom is -0.480 e. The maximum Gasteiger partial charge on any atom is 0.326 e. The third kappa shape index (κ3) is 39.3. The van der Waals surface area contributed by atoms with Crippen LogP contribution >= 0.6 is 11.8 Å². The summed E-state index contributed by atoms with van der Waals surface area (Å²) in [6, 6.07) is -5.28. The molecule has 0 fully saturated rings. The molecule has 17 atom stereocenters. The highest BCUT2D eigenvalue weighted by atomic mass is 32.2. The molecule has 0 unspecified atom stereocenters. The molecule has 1 heterocycles. The van der Waals surface area contributed by atoms with Gasteiger partial charge in [0.25, 0.3) is 0 Å². The summed E-state index contributed by atoms with van der Waals surface area (Å²) in [4.78, 5) is 246. The number of unbranched alkanes of at least 4 members (excludes halogenated alkanes) is 2. The number of carbonyl (C=O) groups excluding carboxylic acids is 16. The molecule has 3 aromatic rings. The predicted octanol–water partition coefficient (Wildman–Crippen LogP) is -4.83. The number of nitrogens with two attached hydrogens (primary N) is 6. The van der Waals surface area contributed by atoms with Gasteiger partial charge >= 0.3 is 5.97 Å². The molecule has 127 heavy (non-hydrogen) atoms. The van der Waals surface area contributed by atoms with Crippen molar-refractivity contribution in [2.24, 2.45) is 52.2 Å². The molecule has 43 nitrogen and oxygen atoms in total. The number of aromatic amines is 1. The van der Waals surface area contributed by atoms with Crippen LogP contribution in [0.3, 0.4) is 0 Å². The van der Waals surface area contributed by atoms with Gasteiger partial charge in [-0.25, -0.2) is 9.78 Å². The van der Waals surface area contributed by atoms with Crippen LogP contribution in [-0.4, -0.2) is 267 Å². The molecule has 44 heteroatoms. The molecule has 706 valence electrons. The van der Waals surface area contributed by atoms with Gasteiger partial charge in [-0.3, -0.25) is 82.1 Å². The largest absolute Gasteiger partial charge is 0.480 e. The molecule has 3 rings (SSSR count). The minimum atomic E-state index is -1.88. The van der Waals surface area contributed by atoms with E-state index in [1.807, 2.05) is 0 Å². The summed E-state index contributed by atoms with van der Waals surface area (Å²) in [5, 5.41) is 63.8. The fraction of sp³-hybridized carbons (Fsp3) is 0.602. The Kier molecular flexibility index (Phi) is 49.0. The van der Waals surface area contributed by atoms with Crippen molar-refractivity contribution in [2.45, 2.75) is 262 Å². The zero-order valence-corrected chi connectivity index (χ0v) is 75.0. The van der Waals surface area contributed by atoms with E-state index >= 15 is 9.59 Å². The molecule has 0 radical (unpaired) electrons. The number of carboxylic acids is 1. The van der Waals surface area contributed by atoms with E-state index in [4.69, 9.17) is 39.8 Å². The number of likely N-dealkylation sites (N-methyl/N-ethyl adjacent to an activating group) is 1. The number of rotatable bonds is 60. The molecule has 0 spiro atoms. The van der Waals surface area contributed by atoms with Crippen LogP contribution in [0, 0.1) is 23.2 Å². The number of H-pyrrole nitrogens is 1. The Bertz CT molecular complexity index is 4110. The number of primary amides is 2. The van der Waals surface area contributed by atoms with Crippen molar-refractivity contribution in [1.29, 1.82) is 5.41 Å². The van der Waals surface area contributed by atoms with Crippen LogP contribution < -0.4 is 109 Å². The zero-order chi connectivity index (χ0) is 95.3. The highest BCUT2D eigenvalue weighted by Gasteiger charge is 2.41. The molecule has 1 aromatic heterocycles. The summed E-state index contributed by atoms with van der Waals surface area (Å²) in [5.41, 5.74) is 35.2. The second kappa shape index (κ2) is 56.9. The van der Waals surface area contributed by atoms with Crippen LogP contribution in [0.4, 0.5) is 0 Å². The number of aliphatic carboxylic acids is 1. The summed E-state index contributed by atoms with van der Waals surface area (Å²) >= 11 is 1.30. The van der Waals surface area contributed by atoms with E-state index in [-0.39, 0.29) is 108 Å². The first-order valence-corrected chi connectivity index (χ1v) is 43.8. The molecule has 0 aliphatic heterocycles. The summed E-state index contributed by atoms with van der Waals surface area (Å²) in [6.07, 6.45) is 2.28. The highest BCUT2D eigenvalue weighted by molar-refractivity contribution is 7.98. The third-order valence-corrected chi connectivity index (χ3v) is 21.5. The highest BCUT2D eigenvalue weighted by Crippen LogP contribution is 2.18. The number of aliphatic hydroxyl groups excluding tert-OH is 1. The molecular formula is C83H134N24O19S. The molecule has 0 bridgehead atoms. The van der Waals surface area contributed by atoms with Crippen molar-refractivity contribution >= 4 is 118 Å². The van der Waals surface area contributed by atoms with Gasteiger partial charge in [0.1, 0.15) is 90.6 Å². The summed E-state index contributed by atoms with van der Waals surface area (Å²) < 4.78 is 0. The van der Waals surface area contributed by atoms with Crippen molar-refractivity contribution in [3.63, 3.8) is 0 Å². The van der Waals surface area contributed by atoms with E-state index in [2.05, 4.69) is 84.4 Å². The number of carboxylic acid groups (broad SMARTS) is 1.